The summed E-state index contributed by atoms with van der Waals surface area (Å²) in [7, 11) is 0. The Balaban J connectivity index is 1.70. The van der Waals surface area contributed by atoms with Crippen molar-refractivity contribution in [2.45, 2.75) is 29.8 Å². The van der Waals surface area contributed by atoms with Gasteiger partial charge in [-0.15, -0.1) is 10.2 Å². The number of anilines is 1. The van der Waals surface area contributed by atoms with Crippen LogP contribution in [0.15, 0.2) is 40.8 Å². The van der Waals surface area contributed by atoms with Gasteiger partial charge in [0, 0.05) is 43.7 Å². The first-order valence-corrected chi connectivity index (χ1v) is 10.1. The summed E-state index contributed by atoms with van der Waals surface area (Å²) in [5.41, 5.74) is -0.563. The molecule has 4 heterocycles. The maximum Gasteiger partial charge on any atom is 0.433 e. The first kappa shape index (κ1) is 20.5. The van der Waals surface area contributed by atoms with Crippen molar-refractivity contribution in [1.82, 2.24) is 29.7 Å². The number of aromatic nitrogens is 6. The minimum absolute atomic E-state index is 0.0225. The number of halogens is 3. The standard InChI is InChI=1S/C18H18F3N7OS/c1-2-28-16(27-7-9-29-10-8-27)25-26-17(28)30-14-11-13(18(19,20)21)23-15(24-14)12-3-5-22-6-4-12/h3-6,11H,2,7-10H2,1H3. The van der Waals surface area contributed by atoms with Crippen LogP contribution in [-0.4, -0.2) is 56.0 Å². The highest BCUT2D eigenvalue weighted by molar-refractivity contribution is 7.99. The summed E-state index contributed by atoms with van der Waals surface area (Å²) in [6.45, 7) is 5.04. The summed E-state index contributed by atoms with van der Waals surface area (Å²) < 4.78 is 47.5. The van der Waals surface area contributed by atoms with Crippen molar-refractivity contribution in [2.24, 2.45) is 0 Å². The summed E-state index contributed by atoms with van der Waals surface area (Å²) in [4.78, 5) is 13.9. The third kappa shape index (κ3) is 4.38. The Morgan fingerprint density at radius 2 is 1.83 bits per heavy atom. The molecule has 8 nitrogen and oxygen atoms in total. The molecule has 0 aliphatic carbocycles. The molecule has 30 heavy (non-hydrogen) atoms. The highest BCUT2D eigenvalue weighted by atomic mass is 32.2. The minimum Gasteiger partial charge on any atom is -0.378 e. The molecule has 0 atom stereocenters. The van der Waals surface area contributed by atoms with Crippen LogP contribution in [0.1, 0.15) is 12.6 Å². The van der Waals surface area contributed by atoms with Gasteiger partial charge in [-0.25, -0.2) is 9.97 Å². The van der Waals surface area contributed by atoms with E-state index in [0.29, 0.717) is 49.5 Å². The topological polar surface area (TPSA) is 81.8 Å². The van der Waals surface area contributed by atoms with Gasteiger partial charge in [-0.3, -0.25) is 9.55 Å². The van der Waals surface area contributed by atoms with E-state index < -0.39 is 11.9 Å². The predicted octanol–water partition coefficient (Wildman–Crippen LogP) is 3.16. The van der Waals surface area contributed by atoms with Gasteiger partial charge in [0.25, 0.3) is 0 Å². The van der Waals surface area contributed by atoms with E-state index in [-0.39, 0.29) is 10.9 Å². The van der Waals surface area contributed by atoms with E-state index in [2.05, 4.69) is 25.1 Å². The van der Waals surface area contributed by atoms with E-state index in [0.717, 1.165) is 17.8 Å². The third-order valence-corrected chi connectivity index (χ3v) is 5.34. The molecule has 0 saturated carbocycles. The molecule has 0 unspecified atom stereocenters. The molecular formula is C18H18F3N7OS. The van der Waals surface area contributed by atoms with E-state index >= 15 is 0 Å². The average Bonchev–Trinajstić information content (AvgIpc) is 3.16. The smallest absolute Gasteiger partial charge is 0.378 e. The van der Waals surface area contributed by atoms with E-state index in [1.165, 1.54) is 12.4 Å². The number of alkyl halides is 3. The summed E-state index contributed by atoms with van der Waals surface area (Å²) in [6, 6.07) is 4.06. The van der Waals surface area contributed by atoms with Crippen molar-refractivity contribution in [3.05, 3.63) is 36.3 Å². The quantitative estimate of drug-likeness (QED) is 0.563. The number of hydrogen-bond acceptors (Lipinski definition) is 8. The van der Waals surface area contributed by atoms with Gasteiger partial charge in [0.05, 0.1) is 13.2 Å². The number of morpholine rings is 1. The van der Waals surface area contributed by atoms with Crippen molar-refractivity contribution in [3.63, 3.8) is 0 Å². The van der Waals surface area contributed by atoms with Crippen molar-refractivity contribution < 1.29 is 17.9 Å². The van der Waals surface area contributed by atoms with Crippen LogP contribution in [0.5, 0.6) is 0 Å². The van der Waals surface area contributed by atoms with Gasteiger partial charge < -0.3 is 9.64 Å². The van der Waals surface area contributed by atoms with Crippen molar-refractivity contribution in [3.8, 4) is 11.4 Å². The molecular weight excluding hydrogens is 419 g/mol. The normalized spacial score (nSPS) is 14.9. The first-order chi connectivity index (χ1) is 14.5. The Morgan fingerprint density at radius 3 is 2.50 bits per heavy atom. The summed E-state index contributed by atoms with van der Waals surface area (Å²) in [5.74, 6) is 0.647. The number of pyridine rings is 1. The molecule has 0 aromatic carbocycles. The zero-order chi connectivity index (χ0) is 21.1. The molecule has 1 fully saturated rings. The average molecular weight is 437 g/mol. The fraction of sp³-hybridized carbons (Fsp3) is 0.389. The number of ether oxygens (including phenoxy) is 1. The second kappa shape index (κ2) is 8.56. The molecule has 3 aromatic rings. The molecule has 12 heteroatoms. The van der Waals surface area contributed by atoms with Crippen molar-refractivity contribution >= 4 is 17.7 Å². The predicted molar refractivity (Wildman–Crippen MR) is 103 cm³/mol. The molecule has 0 N–H and O–H groups in total. The number of nitrogens with zero attached hydrogens (tertiary/aromatic N) is 7. The van der Waals surface area contributed by atoms with Crippen molar-refractivity contribution in [1.29, 1.82) is 0 Å². The maximum atomic E-state index is 13.4. The first-order valence-electron chi connectivity index (χ1n) is 9.26. The lowest BCUT2D eigenvalue weighted by atomic mass is 10.2. The Kier molecular flexibility index (Phi) is 5.86. The molecule has 1 saturated heterocycles. The van der Waals surface area contributed by atoms with Gasteiger partial charge in [-0.1, -0.05) is 0 Å². The summed E-state index contributed by atoms with van der Waals surface area (Å²) in [5, 5.41) is 9.04. The molecule has 0 radical (unpaired) electrons. The van der Waals surface area contributed by atoms with E-state index in [1.807, 2.05) is 16.4 Å². The maximum absolute atomic E-state index is 13.4. The second-order valence-electron chi connectivity index (χ2n) is 6.38. The Labute approximate surface area is 174 Å². The van der Waals surface area contributed by atoms with Crippen LogP contribution in [0.3, 0.4) is 0 Å². The lowest BCUT2D eigenvalue weighted by Gasteiger charge is -2.27. The minimum atomic E-state index is -4.60. The Hall–Kier alpha value is -2.73. The van der Waals surface area contributed by atoms with Crippen LogP contribution >= 0.6 is 11.8 Å². The lowest BCUT2D eigenvalue weighted by Crippen LogP contribution is -2.38. The van der Waals surface area contributed by atoms with E-state index in [4.69, 9.17) is 4.74 Å². The molecule has 4 rings (SSSR count). The SMILES string of the molecule is CCn1c(Sc2cc(C(F)(F)F)nc(-c3ccncc3)n2)nnc1N1CCOCC1. The summed E-state index contributed by atoms with van der Waals surface area (Å²) in [6.07, 6.45) is -1.64. The fourth-order valence-electron chi connectivity index (χ4n) is 2.98. The molecule has 0 bridgehead atoms. The van der Waals surface area contributed by atoms with Gasteiger partial charge in [-0.2, -0.15) is 13.2 Å². The zero-order valence-corrected chi connectivity index (χ0v) is 16.8. The van der Waals surface area contributed by atoms with Crippen LogP contribution in [-0.2, 0) is 17.5 Å². The van der Waals surface area contributed by atoms with Gasteiger partial charge in [0.1, 0.15) is 10.7 Å². The van der Waals surface area contributed by atoms with Crippen LogP contribution in [0, 0.1) is 0 Å². The van der Waals surface area contributed by atoms with Gasteiger partial charge in [-0.05, 0) is 30.8 Å². The Morgan fingerprint density at radius 1 is 1.10 bits per heavy atom. The lowest BCUT2D eigenvalue weighted by molar-refractivity contribution is -0.141. The summed E-state index contributed by atoms with van der Waals surface area (Å²) >= 11 is 1.03. The van der Waals surface area contributed by atoms with Crippen molar-refractivity contribution in [2.75, 3.05) is 31.2 Å². The molecule has 3 aromatic heterocycles. The van der Waals surface area contributed by atoms with Crippen LogP contribution in [0.2, 0.25) is 0 Å². The molecule has 158 valence electrons. The van der Waals surface area contributed by atoms with Gasteiger partial charge in [0.15, 0.2) is 11.0 Å². The van der Waals surface area contributed by atoms with Crippen LogP contribution in [0.25, 0.3) is 11.4 Å². The molecule has 0 amide bonds. The number of rotatable bonds is 5. The number of hydrogen-bond donors (Lipinski definition) is 0. The van der Waals surface area contributed by atoms with Crippen LogP contribution in [0.4, 0.5) is 19.1 Å². The van der Waals surface area contributed by atoms with Gasteiger partial charge >= 0.3 is 6.18 Å². The van der Waals surface area contributed by atoms with E-state index in [9.17, 15) is 13.2 Å². The monoisotopic (exact) mass is 437 g/mol. The van der Waals surface area contributed by atoms with E-state index in [1.54, 1.807) is 12.1 Å². The highest BCUT2D eigenvalue weighted by Gasteiger charge is 2.34. The van der Waals surface area contributed by atoms with Gasteiger partial charge in [0.2, 0.25) is 5.95 Å². The highest BCUT2D eigenvalue weighted by Crippen LogP contribution is 2.34. The molecule has 1 aliphatic heterocycles. The second-order valence-corrected chi connectivity index (χ2v) is 7.36. The largest absolute Gasteiger partial charge is 0.433 e. The molecule has 1 aliphatic rings. The third-order valence-electron chi connectivity index (χ3n) is 4.43. The fourth-order valence-corrected chi connectivity index (χ4v) is 3.87. The zero-order valence-electron chi connectivity index (χ0n) is 16.0. The van der Waals surface area contributed by atoms with Crippen LogP contribution < -0.4 is 4.90 Å². The molecule has 0 spiro atoms. The Bertz CT molecular complexity index is 1010.